The van der Waals surface area contributed by atoms with Crippen molar-refractivity contribution in [1.29, 1.82) is 0 Å². The van der Waals surface area contributed by atoms with Crippen LogP contribution in [0.25, 0.3) is 0 Å². The van der Waals surface area contributed by atoms with Gasteiger partial charge in [0.15, 0.2) is 5.96 Å². The van der Waals surface area contributed by atoms with Crippen molar-refractivity contribution in [2.24, 2.45) is 10.9 Å². The van der Waals surface area contributed by atoms with Gasteiger partial charge in [-0.1, -0.05) is 48.5 Å². The first-order valence-electron chi connectivity index (χ1n) is 10.1. The monoisotopic (exact) mass is 509 g/mol. The van der Waals surface area contributed by atoms with E-state index in [9.17, 15) is 0 Å². The highest BCUT2D eigenvalue weighted by Gasteiger charge is 2.25. The Hall–Kier alpha value is -1.80. The van der Waals surface area contributed by atoms with E-state index in [1.807, 2.05) is 24.3 Å². The molecule has 6 heteroatoms. The highest BCUT2D eigenvalue weighted by molar-refractivity contribution is 14.0. The number of guanidine groups is 1. The number of halogens is 1. The number of rotatable bonds is 8. The van der Waals surface area contributed by atoms with Crippen molar-refractivity contribution < 1.29 is 9.47 Å². The molecule has 0 spiro atoms. The molecule has 1 aliphatic rings. The number of hydrogen-bond acceptors (Lipinski definition) is 3. The molecule has 0 saturated carbocycles. The van der Waals surface area contributed by atoms with E-state index in [1.54, 1.807) is 7.11 Å². The van der Waals surface area contributed by atoms with Crippen molar-refractivity contribution in [3.8, 4) is 5.75 Å². The first kappa shape index (κ1) is 23.5. The Kier molecular flexibility index (Phi) is 10.3. The lowest BCUT2D eigenvalue weighted by molar-refractivity contribution is 0.0906. The molecule has 1 saturated heterocycles. The number of para-hydroxylation sites is 1. The van der Waals surface area contributed by atoms with Gasteiger partial charge in [-0.25, -0.2) is 4.99 Å². The highest BCUT2D eigenvalue weighted by Crippen LogP contribution is 2.20. The molecule has 0 radical (unpaired) electrons. The van der Waals surface area contributed by atoms with Gasteiger partial charge < -0.3 is 19.7 Å². The Morgan fingerprint density at radius 1 is 1.14 bits per heavy atom. The number of hydrogen-bond donors (Lipinski definition) is 1. The third-order valence-corrected chi connectivity index (χ3v) is 4.98. The Morgan fingerprint density at radius 2 is 1.90 bits per heavy atom. The second kappa shape index (κ2) is 12.7. The summed E-state index contributed by atoms with van der Waals surface area (Å²) in [6, 6.07) is 18.4. The largest absolute Gasteiger partial charge is 0.496 e. The molecule has 0 amide bonds. The van der Waals surface area contributed by atoms with E-state index in [0.717, 1.165) is 49.9 Å². The van der Waals surface area contributed by atoms with Crippen LogP contribution in [0.2, 0.25) is 0 Å². The lowest BCUT2D eigenvalue weighted by atomic mass is 10.1. The van der Waals surface area contributed by atoms with Gasteiger partial charge in [-0.15, -0.1) is 24.0 Å². The minimum absolute atomic E-state index is 0. The quantitative estimate of drug-likeness (QED) is 0.327. The zero-order valence-electron chi connectivity index (χ0n) is 17.3. The van der Waals surface area contributed by atoms with Crippen LogP contribution in [0.1, 0.15) is 24.5 Å². The van der Waals surface area contributed by atoms with Gasteiger partial charge in [0.1, 0.15) is 5.75 Å². The third-order valence-electron chi connectivity index (χ3n) is 4.98. The van der Waals surface area contributed by atoms with E-state index in [0.29, 0.717) is 19.1 Å². The molecule has 158 valence electrons. The van der Waals surface area contributed by atoms with E-state index in [-0.39, 0.29) is 24.0 Å². The fourth-order valence-electron chi connectivity index (χ4n) is 3.50. The minimum Gasteiger partial charge on any atom is -0.496 e. The van der Waals surface area contributed by atoms with Crippen LogP contribution < -0.4 is 10.1 Å². The molecular weight excluding hydrogens is 477 g/mol. The van der Waals surface area contributed by atoms with Crippen molar-refractivity contribution >= 4 is 29.9 Å². The van der Waals surface area contributed by atoms with Crippen LogP contribution in [-0.2, 0) is 17.9 Å². The first-order chi connectivity index (χ1) is 13.8. The van der Waals surface area contributed by atoms with Gasteiger partial charge in [0.2, 0.25) is 0 Å². The molecule has 0 aliphatic carbocycles. The van der Waals surface area contributed by atoms with Gasteiger partial charge in [-0.05, 0) is 25.0 Å². The van der Waals surface area contributed by atoms with Crippen molar-refractivity contribution in [1.82, 2.24) is 10.2 Å². The van der Waals surface area contributed by atoms with E-state index in [1.165, 1.54) is 5.56 Å². The maximum Gasteiger partial charge on any atom is 0.194 e. The van der Waals surface area contributed by atoms with Gasteiger partial charge in [-0.3, -0.25) is 0 Å². The van der Waals surface area contributed by atoms with Gasteiger partial charge in [0, 0.05) is 31.1 Å². The van der Waals surface area contributed by atoms with Crippen molar-refractivity contribution in [2.75, 3.05) is 33.4 Å². The number of benzene rings is 2. The molecule has 0 bridgehead atoms. The standard InChI is InChI=1S/C23H31N3O2.HI/c1-3-24-23(25-15-21-11-7-8-12-22(21)27-2)26-14-13-20(16-26)18-28-17-19-9-5-4-6-10-19;/h4-12,20H,3,13-18H2,1-2H3,(H,24,25);1H. The molecule has 29 heavy (non-hydrogen) atoms. The van der Waals surface area contributed by atoms with Crippen molar-refractivity contribution in [3.05, 3.63) is 65.7 Å². The maximum atomic E-state index is 5.95. The summed E-state index contributed by atoms with van der Waals surface area (Å²) in [5, 5.41) is 3.43. The van der Waals surface area contributed by atoms with Crippen LogP contribution in [0.3, 0.4) is 0 Å². The molecule has 5 nitrogen and oxygen atoms in total. The Balaban J connectivity index is 0.00000300. The van der Waals surface area contributed by atoms with Crippen LogP contribution in [-0.4, -0.2) is 44.2 Å². The molecule has 1 fully saturated rings. The molecule has 3 rings (SSSR count). The molecule has 1 heterocycles. The summed E-state index contributed by atoms with van der Waals surface area (Å²) >= 11 is 0. The zero-order chi connectivity index (χ0) is 19.6. The maximum absolute atomic E-state index is 5.95. The van der Waals surface area contributed by atoms with E-state index in [2.05, 4.69) is 47.5 Å². The number of ether oxygens (including phenoxy) is 2. The second-order valence-corrected chi connectivity index (χ2v) is 7.08. The average Bonchev–Trinajstić information content (AvgIpc) is 3.21. The molecule has 0 aromatic heterocycles. The van der Waals surface area contributed by atoms with Crippen molar-refractivity contribution in [2.45, 2.75) is 26.5 Å². The molecule has 1 atom stereocenters. The van der Waals surface area contributed by atoms with Crippen LogP contribution in [0.4, 0.5) is 0 Å². The van der Waals surface area contributed by atoms with E-state index < -0.39 is 0 Å². The van der Waals surface area contributed by atoms with Crippen LogP contribution in [0.5, 0.6) is 5.75 Å². The molecule has 2 aromatic carbocycles. The molecular formula is C23H32IN3O2. The first-order valence-corrected chi connectivity index (χ1v) is 10.1. The highest BCUT2D eigenvalue weighted by atomic mass is 127. The Morgan fingerprint density at radius 3 is 2.66 bits per heavy atom. The summed E-state index contributed by atoms with van der Waals surface area (Å²) in [6.07, 6.45) is 1.13. The summed E-state index contributed by atoms with van der Waals surface area (Å²) in [4.78, 5) is 7.19. The third kappa shape index (κ3) is 7.19. The van der Waals surface area contributed by atoms with E-state index in [4.69, 9.17) is 14.5 Å². The summed E-state index contributed by atoms with van der Waals surface area (Å²) in [5.41, 5.74) is 2.33. The molecule has 1 unspecified atom stereocenters. The number of nitrogens with zero attached hydrogens (tertiary/aromatic N) is 2. The van der Waals surface area contributed by atoms with Crippen LogP contribution in [0.15, 0.2) is 59.6 Å². The summed E-state index contributed by atoms with van der Waals surface area (Å²) in [7, 11) is 1.70. The van der Waals surface area contributed by atoms with Gasteiger partial charge in [0.05, 0.1) is 26.9 Å². The number of methoxy groups -OCH3 is 1. The average molecular weight is 509 g/mol. The summed E-state index contributed by atoms with van der Waals surface area (Å²) in [5.74, 6) is 2.40. The fourth-order valence-corrected chi connectivity index (χ4v) is 3.50. The topological polar surface area (TPSA) is 46.1 Å². The van der Waals surface area contributed by atoms with Crippen molar-refractivity contribution in [3.63, 3.8) is 0 Å². The predicted molar refractivity (Wildman–Crippen MR) is 129 cm³/mol. The number of aliphatic imine (C=N–C) groups is 1. The SMILES string of the molecule is CCNC(=NCc1ccccc1OC)N1CCC(COCc2ccccc2)C1.I. The number of likely N-dealkylation sites (tertiary alicyclic amines) is 1. The van der Waals surface area contributed by atoms with Gasteiger partial charge >= 0.3 is 0 Å². The second-order valence-electron chi connectivity index (χ2n) is 7.08. The smallest absolute Gasteiger partial charge is 0.194 e. The predicted octanol–water partition coefficient (Wildman–Crippen LogP) is 4.32. The Bertz CT molecular complexity index is 755. The molecule has 1 N–H and O–H groups in total. The molecule has 1 aliphatic heterocycles. The zero-order valence-corrected chi connectivity index (χ0v) is 19.7. The Labute approximate surface area is 191 Å². The summed E-state index contributed by atoms with van der Waals surface area (Å²) in [6.45, 7) is 7.03. The lowest BCUT2D eigenvalue weighted by Crippen LogP contribution is -2.40. The lowest BCUT2D eigenvalue weighted by Gasteiger charge is -2.22. The normalized spacial score (nSPS) is 16.4. The fraction of sp³-hybridized carbons (Fsp3) is 0.435. The van der Waals surface area contributed by atoms with Crippen LogP contribution >= 0.6 is 24.0 Å². The van der Waals surface area contributed by atoms with E-state index >= 15 is 0 Å². The summed E-state index contributed by atoms with van der Waals surface area (Å²) < 4.78 is 11.4. The van der Waals surface area contributed by atoms with Crippen LogP contribution in [0, 0.1) is 5.92 Å². The minimum atomic E-state index is 0. The molecule has 2 aromatic rings. The number of nitrogens with one attached hydrogen (secondary N) is 1. The van der Waals surface area contributed by atoms with Gasteiger partial charge in [-0.2, -0.15) is 0 Å². The van der Waals surface area contributed by atoms with Gasteiger partial charge in [0.25, 0.3) is 0 Å².